The van der Waals surface area contributed by atoms with Crippen molar-refractivity contribution in [2.45, 2.75) is 32.2 Å². The third-order valence-electron chi connectivity index (χ3n) is 3.95. The second kappa shape index (κ2) is 7.31. The van der Waals surface area contributed by atoms with Gasteiger partial charge in [0.1, 0.15) is 11.5 Å². The molecule has 116 valence electrons. The molecule has 0 spiro atoms. The summed E-state index contributed by atoms with van der Waals surface area (Å²) < 4.78 is 5.07. The molecular formula is C16H24N2O3. The highest BCUT2D eigenvalue weighted by atomic mass is 16.5. The monoisotopic (exact) mass is 292 g/mol. The highest BCUT2D eigenvalue weighted by molar-refractivity contribution is 5.76. The van der Waals surface area contributed by atoms with Gasteiger partial charge in [-0.25, -0.2) is 0 Å². The Morgan fingerprint density at radius 1 is 1.43 bits per heavy atom. The van der Waals surface area contributed by atoms with Crippen molar-refractivity contribution in [2.24, 2.45) is 0 Å². The van der Waals surface area contributed by atoms with Crippen LogP contribution in [-0.2, 0) is 4.79 Å². The van der Waals surface area contributed by atoms with Gasteiger partial charge in [0.2, 0.25) is 5.91 Å². The summed E-state index contributed by atoms with van der Waals surface area (Å²) in [6, 6.07) is 5.25. The highest BCUT2D eigenvalue weighted by Gasteiger charge is 2.18. The number of amides is 1. The molecule has 1 aliphatic heterocycles. The molecule has 1 unspecified atom stereocenters. The van der Waals surface area contributed by atoms with Gasteiger partial charge in [0.15, 0.2) is 0 Å². The van der Waals surface area contributed by atoms with E-state index in [1.54, 1.807) is 13.2 Å². The van der Waals surface area contributed by atoms with Crippen LogP contribution in [0.25, 0.3) is 0 Å². The number of hydrogen-bond donors (Lipinski definition) is 2. The Balaban J connectivity index is 1.81. The van der Waals surface area contributed by atoms with E-state index in [-0.39, 0.29) is 17.7 Å². The molecule has 1 fully saturated rings. The maximum absolute atomic E-state index is 11.9. The van der Waals surface area contributed by atoms with E-state index in [9.17, 15) is 9.90 Å². The number of carbonyl (C=O) groups is 1. The molecule has 1 aromatic carbocycles. The molecule has 1 aliphatic rings. The summed E-state index contributed by atoms with van der Waals surface area (Å²) in [5.74, 6) is 1.05. The third-order valence-corrected chi connectivity index (χ3v) is 3.95. The molecule has 2 N–H and O–H groups in total. The van der Waals surface area contributed by atoms with E-state index >= 15 is 0 Å². The molecule has 1 aromatic rings. The maximum Gasteiger partial charge on any atom is 0.223 e. The Kier molecular flexibility index (Phi) is 5.44. The Hall–Kier alpha value is -1.75. The summed E-state index contributed by atoms with van der Waals surface area (Å²) in [6.07, 6.45) is 2.74. The average Bonchev–Trinajstić information content (AvgIpc) is 3.01. The van der Waals surface area contributed by atoms with Crippen LogP contribution in [0.2, 0.25) is 0 Å². The topological polar surface area (TPSA) is 61.8 Å². The largest absolute Gasteiger partial charge is 0.507 e. The molecular weight excluding hydrogens is 268 g/mol. The van der Waals surface area contributed by atoms with Crippen LogP contribution in [0, 0.1) is 0 Å². The van der Waals surface area contributed by atoms with Crippen molar-refractivity contribution in [3.05, 3.63) is 23.8 Å². The normalized spacial score (nSPS) is 16.0. The lowest BCUT2D eigenvalue weighted by atomic mass is 10.1. The van der Waals surface area contributed by atoms with Gasteiger partial charge in [-0.3, -0.25) is 4.79 Å². The molecule has 0 saturated carbocycles. The summed E-state index contributed by atoms with van der Waals surface area (Å²) in [6.45, 7) is 4.38. The lowest BCUT2D eigenvalue weighted by molar-refractivity contribution is -0.130. The minimum atomic E-state index is -0.0118. The maximum atomic E-state index is 11.9. The number of methoxy groups -OCH3 is 1. The second-order valence-corrected chi connectivity index (χ2v) is 5.44. The van der Waals surface area contributed by atoms with Gasteiger partial charge < -0.3 is 20.1 Å². The lowest BCUT2D eigenvalue weighted by Gasteiger charge is -2.18. The smallest absolute Gasteiger partial charge is 0.223 e. The number of likely N-dealkylation sites (tertiary alicyclic amines) is 1. The highest BCUT2D eigenvalue weighted by Crippen LogP contribution is 2.28. The quantitative estimate of drug-likeness (QED) is 0.842. The minimum Gasteiger partial charge on any atom is -0.507 e. The van der Waals surface area contributed by atoms with Gasteiger partial charge in [-0.1, -0.05) is 6.07 Å². The molecule has 0 aromatic heterocycles. The van der Waals surface area contributed by atoms with Crippen LogP contribution in [0.5, 0.6) is 11.5 Å². The minimum absolute atomic E-state index is 0.0118. The van der Waals surface area contributed by atoms with Crippen molar-refractivity contribution in [3.63, 3.8) is 0 Å². The van der Waals surface area contributed by atoms with Crippen LogP contribution in [-0.4, -0.2) is 42.7 Å². The van der Waals surface area contributed by atoms with Crippen molar-refractivity contribution in [1.29, 1.82) is 0 Å². The first-order chi connectivity index (χ1) is 10.1. The number of benzene rings is 1. The van der Waals surface area contributed by atoms with Gasteiger partial charge in [-0.2, -0.15) is 0 Å². The third kappa shape index (κ3) is 4.11. The Bertz CT molecular complexity index is 484. The summed E-state index contributed by atoms with van der Waals surface area (Å²) in [7, 11) is 1.57. The molecule has 1 heterocycles. The van der Waals surface area contributed by atoms with Gasteiger partial charge in [0, 0.05) is 43.7 Å². The first-order valence-electron chi connectivity index (χ1n) is 7.50. The van der Waals surface area contributed by atoms with Gasteiger partial charge in [0.25, 0.3) is 0 Å². The van der Waals surface area contributed by atoms with Crippen molar-refractivity contribution in [3.8, 4) is 11.5 Å². The number of phenolic OH excluding ortho intramolecular Hbond substituents is 1. The van der Waals surface area contributed by atoms with Gasteiger partial charge in [0.05, 0.1) is 7.11 Å². The van der Waals surface area contributed by atoms with E-state index in [2.05, 4.69) is 5.32 Å². The summed E-state index contributed by atoms with van der Waals surface area (Å²) in [4.78, 5) is 13.9. The van der Waals surface area contributed by atoms with Gasteiger partial charge in [-0.15, -0.1) is 0 Å². The molecule has 1 amide bonds. The fourth-order valence-corrected chi connectivity index (χ4v) is 2.65. The van der Waals surface area contributed by atoms with Crippen molar-refractivity contribution < 1.29 is 14.6 Å². The lowest BCUT2D eigenvalue weighted by Crippen LogP contribution is -2.31. The number of ether oxygens (including phenoxy) is 1. The van der Waals surface area contributed by atoms with E-state index in [4.69, 9.17) is 4.74 Å². The van der Waals surface area contributed by atoms with Crippen molar-refractivity contribution >= 4 is 5.91 Å². The van der Waals surface area contributed by atoms with Crippen LogP contribution < -0.4 is 10.1 Å². The fourth-order valence-electron chi connectivity index (χ4n) is 2.65. The van der Waals surface area contributed by atoms with Crippen LogP contribution in [0.1, 0.15) is 37.8 Å². The average molecular weight is 292 g/mol. The van der Waals surface area contributed by atoms with E-state index in [0.29, 0.717) is 18.7 Å². The van der Waals surface area contributed by atoms with Crippen LogP contribution in [0.3, 0.4) is 0 Å². The van der Waals surface area contributed by atoms with E-state index in [1.807, 2.05) is 24.0 Å². The molecule has 5 nitrogen and oxygen atoms in total. The summed E-state index contributed by atoms with van der Waals surface area (Å²) >= 11 is 0. The standard InChI is InChI=1S/C16H24N2O3/c1-12(14-6-5-13(21-2)11-15(14)19)17-8-7-16(20)18-9-3-4-10-18/h5-6,11-12,17,19H,3-4,7-10H2,1-2H3. The predicted molar refractivity (Wildman–Crippen MR) is 81.5 cm³/mol. The Morgan fingerprint density at radius 2 is 2.14 bits per heavy atom. The summed E-state index contributed by atoms with van der Waals surface area (Å²) in [5.41, 5.74) is 0.810. The number of nitrogens with one attached hydrogen (secondary N) is 1. The number of rotatable bonds is 6. The molecule has 0 aliphatic carbocycles. The number of carbonyl (C=O) groups excluding carboxylic acids is 1. The molecule has 5 heteroatoms. The number of aromatic hydroxyl groups is 1. The van der Waals surface area contributed by atoms with E-state index in [0.717, 1.165) is 31.5 Å². The molecule has 21 heavy (non-hydrogen) atoms. The zero-order chi connectivity index (χ0) is 15.2. The number of hydrogen-bond acceptors (Lipinski definition) is 4. The molecule has 0 bridgehead atoms. The van der Waals surface area contributed by atoms with Crippen LogP contribution in [0.4, 0.5) is 0 Å². The molecule has 2 rings (SSSR count). The van der Waals surface area contributed by atoms with Gasteiger partial charge in [-0.05, 0) is 25.8 Å². The number of phenols is 1. The first kappa shape index (κ1) is 15.6. The van der Waals surface area contributed by atoms with Crippen molar-refractivity contribution in [1.82, 2.24) is 10.2 Å². The fraction of sp³-hybridized carbons (Fsp3) is 0.562. The van der Waals surface area contributed by atoms with Gasteiger partial charge >= 0.3 is 0 Å². The zero-order valence-electron chi connectivity index (χ0n) is 12.8. The van der Waals surface area contributed by atoms with Crippen LogP contribution >= 0.6 is 0 Å². The van der Waals surface area contributed by atoms with Crippen molar-refractivity contribution in [2.75, 3.05) is 26.7 Å². The summed E-state index contributed by atoms with van der Waals surface area (Å²) in [5, 5.41) is 13.3. The second-order valence-electron chi connectivity index (χ2n) is 5.44. The Morgan fingerprint density at radius 3 is 2.76 bits per heavy atom. The first-order valence-corrected chi connectivity index (χ1v) is 7.50. The van der Waals surface area contributed by atoms with Crippen LogP contribution in [0.15, 0.2) is 18.2 Å². The Labute approximate surface area is 125 Å². The zero-order valence-corrected chi connectivity index (χ0v) is 12.8. The molecule has 1 atom stereocenters. The molecule has 1 saturated heterocycles. The van der Waals surface area contributed by atoms with E-state index < -0.39 is 0 Å². The number of nitrogens with zero attached hydrogens (tertiary/aromatic N) is 1. The van der Waals surface area contributed by atoms with E-state index in [1.165, 1.54) is 0 Å². The SMILES string of the molecule is COc1ccc(C(C)NCCC(=O)N2CCCC2)c(O)c1. The molecule has 0 radical (unpaired) electrons. The predicted octanol–water partition coefficient (Wildman–Crippen LogP) is 2.06.